The molecule has 156 valence electrons. The number of hydrogen-bond donors (Lipinski definition) is 0. The molecule has 4 rings (SSSR count). The molecule has 0 radical (unpaired) electrons. The fourth-order valence-electron chi connectivity index (χ4n) is 3.81. The fourth-order valence-corrected chi connectivity index (χ4v) is 4.68. The minimum atomic E-state index is 0.177. The number of hydrogen-bond acceptors (Lipinski definition) is 5. The monoisotopic (exact) mass is 421 g/mol. The quantitative estimate of drug-likeness (QED) is 0.572. The topological polar surface area (TPSA) is 54.3 Å². The van der Waals surface area contributed by atoms with Gasteiger partial charge in [0.25, 0.3) is 0 Å². The Morgan fingerprint density at radius 3 is 2.53 bits per heavy atom. The predicted octanol–water partition coefficient (Wildman–Crippen LogP) is 3.32. The highest BCUT2D eigenvalue weighted by atomic mass is 32.2. The average Bonchev–Trinajstić information content (AvgIpc) is 3.21. The molecule has 0 bridgehead atoms. The third-order valence-electron chi connectivity index (χ3n) is 5.27. The first kappa shape index (κ1) is 20.6. The van der Waals surface area contributed by atoms with Crippen molar-refractivity contribution in [1.29, 1.82) is 0 Å². The zero-order valence-electron chi connectivity index (χ0n) is 17.5. The molecule has 1 aliphatic rings. The smallest absolute Gasteiger partial charge is 0.233 e. The van der Waals surface area contributed by atoms with Crippen LogP contribution in [-0.4, -0.2) is 62.2 Å². The number of thioether (sulfide) groups is 1. The van der Waals surface area contributed by atoms with Crippen molar-refractivity contribution in [3.05, 3.63) is 71.8 Å². The molecule has 0 saturated carbocycles. The molecule has 7 heteroatoms. The SMILES string of the molecule is Cc1cc(C)cc(-n2ccnc2SCC(=O)N2CCN(Cc3cccnc3)CC2)c1. The van der Waals surface area contributed by atoms with Gasteiger partial charge in [-0.1, -0.05) is 23.9 Å². The molecule has 0 spiro atoms. The summed E-state index contributed by atoms with van der Waals surface area (Å²) in [5, 5.41) is 0.851. The third-order valence-corrected chi connectivity index (χ3v) is 6.22. The van der Waals surface area contributed by atoms with E-state index in [4.69, 9.17) is 0 Å². The summed E-state index contributed by atoms with van der Waals surface area (Å²) in [4.78, 5) is 25.7. The van der Waals surface area contributed by atoms with E-state index in [0.29, 0.717) is 5.75 Å². The van der Waals surface area contributed by atoms with Gasteiger partial charge in [0.1, 0.15) is 0 Å². The molecule has 30 heavy (non-hydrogen) atoms. The number of carbonyl (C=O) groups is 1. The molecule has 1 fully saturated rings. The number of aryl methyl sites for hydroxylation is 2. The molecule has 0 aliphatic carbocycles. The van der Waals surface area contributed by atoms with E-state index in [1.54, 1.807) is 12.4 Å². The van der Waals surface area contributed by atoms with Gasteiger partial charge in [0.05, 0.1) is 5.75 Å². The van der Waals surface area contributed by atoms with Crippen LogP contribution >= 0.6 is 11.8 Å². The van der Waals surface area contributed by atoms with Crippen molar-refractivity contribution in [2.45, 2.75) is 25.5 Å². The number of amides is 1. The van der Waals surface area contributed by atoms with Gasteiger partial charge in [-0.25, -0.2) is 4.98 Å². The number of piperazine rings is 1. The van der Waals surface area contributed by atoms with Crippen LogP contribution in [0, 0.1) is 13.8 Å². The second-order valence-corrected chi connectivity index (χ2v) is 8.68. The van der Waals surface area contributed by atoms with Crippen LogP contribution in [0.1, 0.15) is 16.7 Å². The van der Waals surface area contributed by atoms with Gasteiger partial charge in [0, 0.05) is 63.2 Å². The number of carbonyl (C=O) groups excluding carboxylic acids is 1. The Kier molecular flexibility index (Phi) is 6.50. The van der Waals surface area contributed by atoms with Crippen LogP contribution < -0.4 is 0 Å². The van der Waals surface area contributed by atoms with Crippen molar-refractivity contribution in [3.63, 3.8) is 0 Å². The number of benzene rings is 1. The maximum absolute atomic E-state index is 12.8. The number of nitrogens with zero attached hydrogens (tertiary/aromatic N) is 5. The van der Waals surface area contributed by atoms with Crippen LogP contribution in [-0.2, 0) is 11.3 Å². The number of aromatic nitrogens is 3. The summed E-state index contributed by atoms with van der Waals surface area (Å²) in [6, 6.07) is 10.5. The third kappa shape index (κ3) is 5.09. The van der Waals surface area contributed by atoms with Crippen molar-refractivity contribution < 1.29 is 4.79 Å². The van der Waals surface area contributed by atoms with E-state index >= 15 is 0 Å². The molecule has 2 aromatic heterocycles. The van der Waals surface area contributed by atoms with E-state index in [9.17, 15) is 4.79 Å². The molecule has 0 N–H and O–H groups in total. The van der Waals surface area contributed by atoms with Crippen LogP contribution in [0.15, 0.2) is 60.3 Å². The van der Waals surface area contributed by atoms with Crippen LogP contribution in [0.25, 0.3) is 5.69 Å². The fraction of sp³-hybridized carbons (Fsp3) is 0.348. The van der Waals surface area contributed by atoms with E-state index in [1.807, 2.05) is 23.4 Å². The second kappa shape index (κ2) is 9.45. The van der Waals surface area contributed by atoms with Gasteiger partial charge in [-0.15, -0.1) is 0 Å². The normalized spacial score (nSPS) is 14.8. The Balaban J connectivity index is 1.30. The first-order valence-electron chi connectivity index (χ1n) is 10.2. The lowest BCUT2D eigenvalue weighted by Gasteiger charge is -2.34. The zero-order valence-corrected chi connectivity index (χ0v) is 18.3. The maximum atomic E-state index is 12.8. The molecule has 1 aliphatic heterocycles. The molecule has 0 atom stereocenters. The van der Waals surface area contributed by atoms with Crippen molar-refractivity contribution in [3.8, 4) is 5.69 Å². The first-order chi connectivity index (χ1) is 14.6. The molecule has 1 amide bonds. The van der Waals surface area contributed by atoms with Crippen molar-refractivity contribution >= 4 is 17.7 Å². The van der Waals surface area contributed by atoms with Crippen LogP contribution in [0.2, 0.25) is 0 Å². The van der Waals surface area contributed by atoms with Crippen molar-refractivity contribution in [1.82, 2.24) is 24.3 Å². The molecular formula is C23H27N5OS. The summed E-state index contributed by atoms with van der Waals surface area (Å²) >= 11 is 1.50. The van der Waals surface area contributed by atoms with Gasteiger partial charge in [0.15, 0.2) is 5.16 Å². The summed E-state index contributed by atoms with van der Waals surface area (Å²) in [6.45, 7) is 8.40. The van der Waals surface area contributed by atoms with Gasteiger partial charge in [-0.2, -0.15) is 0 Å². The summed E-state index contributed by atoms with van der Waals surface area (Å²) in [5.41, 5.74) is 4.74. The second-order valence-electron chi connectivity index (χ2n) is 7.73. The van der Waals surface area contributed by atoms with Gasteiger partial charge >= 0.3 is 0 Å². The molecule has 3 aromatic rings. The summed E-state index contributed by atoms with van der Waals surface area (Å²) in [6.07, 6.45) is 7.45. The minimum absolute atomic E-state index is 0.177. The Labute approximate surface area is 181 Å². The molecular weight excluding hydrogens is 394 g/mol. The van der Waals surface area contributed by atoms with E-state index in [2.05, 4.69) is 57.5 Å². The Hall–Kier alpha value is -2.64. The lowest BCUT2D eigenvalue weighted by molar-refractivity contribution is -0.130. The lowest BCUT2D eigenvalue weighted by atomic mass is 10.1. The Morgan fingerprint density at radius 2 is 1.83 bits per heavy atom. The highest BCUT2D eigenvalue weighted by Gasteiger charge is 2.21. The average molecular weight is 422 g/mol. The lowest BCUT2D eigenvalue weighted by Crippen LogP contribution is -2.48. The summed E-state index contributed by atoms with van der Waals surface area (Å²) in [7, 11) is 0. The number of rotatable bonds is 6. The predicted molar refractivity (Wildman–Crippen MR) is 120 cm³/mol. The van der Waals surface area contributed by atoms with E-state index in [1.165, 1.54) is 28.5 Å². The van der Waals surface area contributed by atoms with Crippen LogP contribution in [0.3, 0.4) is 0 Å². The van der Waals surface area contributed by atoms with Gasteiger partial charge in [-0.05, 0) is 48.7 Å². The Morgan fingerprint density at radius 1 is 1.07 bits per heavy atom. The largest absolute Gasteiger partial charge is 0.339 e. The zero-order chi connectivity index (χ0) is 20.9. The molecule has 1 aromatic carbocycles. The molecule has 3 heterocycles. The minimum Gasteiger partial charge on any atom is -0.339 e. The van der Waals surface area contributed by atoms with Crippen LogP contribution in [0.5, 0.6) is 0 Å². The Bertz CT molecular complexity index is 976. The summed E-state index contributed by atoms with van der Waals surface area (Å²) in [5.74, 6) is 0.584. The van der Waals surface area contributed by atoms with E-state index in [-0.39, 0.29) is 5.91 Å². The summed E-state index contributed by atoms with van der Waals surface area (Å²) < 4.78 is 2.06. The van der Waals surface area contributed by atoms with Gasteiger partial charge in [0.2, 0.25) is 5.91 Å². The molecule has 6 nitrogen and oxygen atoms in total. The standard InChI is InChI=1S/C23H27N5OS/c1-18-12-19(2)14-21(13-18)28-7-6-25-23(28)30-17-22(29)27-10-8-26(9-11-27)16-20-4-3-5-24-15-20/h3-7,12-15H,8-11,16-17H2,1-2H3. The number of pyridine rings is 1. The maximum Gasteiger partial charge on any atom is 0.233 e. The highest BCUT2D eigenvalue weighted by molar-refractivity contribution is 7.99. The van der Waals surface area contributed by atoms with Crippen molar-refractivity contribution in [2.24, 2.45) is 0 Å². The van der Waals surface area contributed by atoms with E-state index < -0.39 is 0 Å². The van der Waals surface area contributed by atoms with E-state index in [0.717, 1.165) is 43.6 Å². The van der Waals surface area contributed by atoms with Gasteiger partial charge < -0.3 is 4.90 Å². The van der Waals surface area contributed by atoms with Gasteiger partial charge in [-0.3, -0.25) is 19.2 Å². The van der Waals surface area contributed by atoms with Crippen molar-refractivity contribution in [2.75, 3.05) is 31.9 Å². The number of imidazole rings is 1. The molecule has 1 saturated heterocycles. The molecule has 0 unspecified atom stereocenters. The van der Waals surface area contributed by atoms with Crippen LogP contribution in [0.4, 0.5) is 0 Å². The highest BCUT2D eigenvalue weighted by Crippen LogP contribution is 2.23. The first-order valence-corrected chi connectivity index (χ1v) is 11.2.